The summed E-state index contributed by atoms with van der Waals surface area (Å²) in [6, 6.07) is 13.2. The Hall–Kier alpha value is -3.84. The van der Waals surface area contributed by atoms with Crippen LogP contribution < -0.4 is 4.74 Å². The number of nitrogens with zero attached hydrogens (tertiary/aromatic N) is 2. The number of cyclic esters (lactones) is 2. The molecule has 1 aliphatic rings. The molecule has 0 saturated heterocycles. The molecule has 1 aliphatic heterocycles. The van der Waals surface area contributed by atoms with Gasteiger partial charge in [0.15, 0.2) is 0 Å². The SMILES string of the molecule is CCN(CC)CCOc1cc(C2=C(c3cn(C)c4ccccc34)C(=O)OC2=O)c2occc2c1. The Morgan fingerprint density at radius 3 is 2.47 bits per heavy atom. The topological polar surface area (TPSA) is 73.9 Å². The first-order valence-corrected chi connectivity index (χ1v) is 11.4. The van der Waals surface area contributed by atoms with E-state index in [9.17, 15) is 9.59 Å². The van der Waals surface area contributed by atoms with Gasteiger partial charge in [0.25, 0.3) is 0 Å². The molecule has 0 N–H and O–H groups in total. The fraction of sp³-hybridized carbons (Fsp3) is 0.259. The number of ether oxygens (including phenoxy) is 2. The maximum atomic E-state index is 13.0. The van der Waals surface area contributed by atoms with Crippen molar-refractivity contribution in [2.75, 3.05) is 26.2 Å². The van der Waals surface area contributed by atoms with Gasteiger partial charge in [-0.2, -0.15) is 0 Å². The van der Waals surface area contributed by atoms with E-state index in [1.54, 1.807) is 12.3 Å². The second-order valence-electron chi connectivity index (χ2n) is 8.28. The predicted octanol–water partition coefficient (Wildman–Crippen LogP) is 4.64. The number of rotatable bonds is 8. The number of para-hydroxylation sites is 1. The van der Waals surface area contributed by atoms with Crippen LogP contribution in [0, 0.1) is 0 Å². The lowest BCUT2D eigenvalue weighted by atomic mass is 9.95. The van der Waals surface area contributed by atoms with Crippen molar-refractivity contribution in [2.24, 2.45) is 7.05 Å². The molecule has 0 fully saturated rings. The van der Waals surface area contributed by atoms with Crippen molar-refractivity contribution in [1.29, 1.82) is 0 Å². The van der Waals surface area contributed by atoms with Crippen molar-refractivity contribution in [3.05, 3.63) is 66.1 Å². The molecule has 2 aromatic heterocycles. The molecule has 4 aromatic rings. The minimum Gasteiger partial charge on any atom is -0.492 e. The molecule has 0 unspecified atom stereocenters. The number of benzene rings is 2. The maximum absolute atomic E-state index is 13.0. The van der Waals surface area contributed by atoms with Crippen LogP contribution in [0.1, 0.15) is 25.0 Å². The van der Waals surface area contributed by atoms with Gasteiger partial charge in [0.2, 0.25) is 0 Å². The van der Waals surface area contributed by atoms with Gasteiger partial charge < -0.3 is 23.4 Å². The quantitative estimate of drug-likeness (QED) is 0.283. The Bertz CT molecular complexity index is 1440. The summed E-state index contributed by atoms with van der Waals surface area (Å²) in [4.78, 5) is 28.2. The zero-order valence-electron chi connectivity index (χ0n) is 19.5. The number of hydrogen-bond acceptors (Lipinski definition) is 6. The third kappa shape index (κ3) is 3.68. The highest BCUT2D eigenvalue weighted by Gasteiger charge is 2.38. The van der Waals surface area contributed by atoms with Crippen LogP contribution in [0.25, 0.3) is 33.0 Å². The van der Waals surface area contributed by atoms with E-state index in [1.807, 2.05) is 54.2 Å². The molecule has 7 nitrogen and oxygen atoms in total. The average Bonchev–Trinajstić information content (AvgIpc) is 3.52. The molecule has 5 rings (SSSR count). The van der Waals surface area contributed by atoms with Crippen LogP contribution in [-0.2, 0) is 21.4 Å². The van der Waals surface area contributed by atoms with Crippen molar-refractivity contribution in [3.8, 4) is 5.75 Å². The van der Waals surface area contributed by atoms with E-state index in [1.165, 1.54) is 0 Å². The lowest BCUT2D eigenvalue weighted by Crippen LogP contribution is -2.27. The lowest BCUT2D eigenvalue weighted by molar-refractivity contribution is -0.149. The number of esters is 2. The Balaban J connectivity index is 1.64. The van der Waals surface area contributed by atoms with E-state index in [-0.39, 0.29) is 11.1 Å². The Labute approximate surface area is 197 Å². The van der Waals surface area contributed by atoms with Gasteiger partial charge in [0, 0.05) is 47.2 Å². The van der Waals surface area contributed by atoms with Gasteiger partial charge in [-0.05, 0) is 37.4 Å². The molecule has 7 heteroatoms. The fourth-order valence-corrected chi connectivity index (χ4v) is 4.58. The summed E-state index contributed by atoms with van der Waals surface area (Å²) in [5, 5.41) is 1.65. The van der Waals surface area contributed by atoms with E-state index < -0.39 is 11.9 Å². The molecular weight excluding hydrogens is 432 g/mol. The van der Waals surface area contributed by atoms with Crippen LogP contribution in [0.5, 0.6) is 5.75 Å². The molecule has 2 aromatic carbocycles. The summed E-state index contributed by atoms with van der Waals surface area (Å²) in [6.45, 7) is 7.41. The van der Waals surface area contributed by atoms with Crippen LogP contribution in [0.2, 0.25) is 0 Å². The molecule has 0 amide bonds. The van der Waals surface area contributed by atoms with E-state index >= 15 is 0 Å². The molecule has 0 radical (unpaired) electrons. The average molecular weight is 459 g/mol. The third-order valence-electron chi connectivity index (χ3n) is 6.37. The lowest BCUT2D eigenvalue weighted by Gasteiger charge is -2.18. The van der Waals surface area contributed by atoms with Gasteiger partial charge in [-0.3, -0.25) is 0 Å². The van der Waals surface area contributed by atoms with Crippen LogP contribution in [0.15, 0.2) is 59.3 Å². The van der Waals surface area contributed by atoms with E-state index in [0.29, 0.717) is 29.1 Å². The highest BCUT2D eigenvalue weighted by molar-refractivity contribution is 6.46. The zero-order chi connectivity index (χ0) is 23.8. The minimum atomic E-state index is -0.689. The van der Waals surface area contributed by atoms with Crippen molar-refractivity contribution in [3.63, 3.8) is 0 Å². The second-order valence-corrected chi connectivity index (χ2v) is 8.28. The van der Waals surface area contributed by atoms with E-state index in [2.05, 4.69) is 18.7 Å². The number of fused-ring (bicyclic) bond motifs is 2. The standard InChI is InChI=1S/C27H26N2O5/c1-4-29(5-2)11-13-32-18-14-17-10-12-33-25(17)20(15-18)23-24(27(31)34-26(23)30)21-16-28(3)22-9-7-6-8-19(21)22/h6-10,12,14-16H,4-5,11,13H2,1-3H3. The molecular formula is C27H26N2O5. The highest BCUT2D eigenvalue weighted by Crippen LogP contribution is 2.41. The summed E-state index contributed by atoms with van der Waals surface area (Å²) in [7, 11) is 1.91. The fourth-order valence-electron chi connectivity index (χ4n) is 4.58. The Morgan fingerprint density at radius 1 is 0.971 bits per heavy atom. The van der Waals surface area contributed by atoms with Crippen LogP contribution in [0.4, 0.5) is 0 Å². The largest absolute Gasteiger partial charge is 0.492 e. The monoisotopic (exact) mass is 458 g/mol. The first-order chi connectivity index (χ1) is 16.5. The molecule has 174 valence electrons. The van der Waals surface area contributed by atoms with Gasteiger partial charge in [-0.15, -0.1) is 0 Å². The van der Waals surface area contributed by atoms with E-state index in [4.69, 9.17) is 13.9 Å². The van der Waals surface area contributed by atoms with Gasteiger partial charge in [-0.25, -0.2) is 9.59 Å². The van der Waals surface area contributed by atoms with Crippen LogP contribution in [0.3, 0.4) is 0 Å². The number of furan rings is 1. The number of likely N-dealkylation sites (N-methyl/N-ethyl adjacent to an activating group) is 1. The first-order valence-electron chi connectivity index (χ1n) is 11.4. The summed E-state index contributed by atoms with van der Waals surface area (Å²) in [5.41, 5.74) is 3.02. The minimum absolute atomic E-state index is 0.190. The maximum Gasteiger partial charge on any atom is 0.347 e. The summed E-state index contributed by atoms with van der Waals surface area (Å²) in [5.74, 6) is -0.747. The molecule has 0 saturated carbocycles. The van der Waals surface area contributed by atoms with Crippen molar-refractivity contribution < 1.29 is 23.5 Å². The van der Waals surface area contributed by atoms with E-state index in [0.717, 1.165) is 35.9 Å². The van der Waals surface area contributed by atoms with Crippen LogP contribution >= 0.6 is 0 Å². The molecule has 0 spiro atoms. The number of carbonyl (C=O) groups is 2. The molecule has 0 bridgehead atoms. The smallest absolute Gasteiger partial charge is 0.347 e. The number of aryl methyl sites for hydroxylation is 1. The van der Waals surface area contributed by atoms with Crippen molar-refractivity contribution >= 4 is 45.0 Å². The number of aromatic nitrogens is 1. The second kappa shape index (κ2) is 8.83. The molecule has 0 atom stereocenters. The van der Waals surface area contributed by atoms with Crippen molar-refractivity contribution in [2.45, 2.75) is 13.8 Å². The van der Waals surface area contributed by atoms with Gasteiger partial charge in [-0.1, -0.05) is 32.0 Å². The van der Waals surface area contributed by atoms with Gasteiger partial charge >= 0.3 is 11.9 Å². The number of carbonyl (C=O) groups excluding carboxylic acids is 2. The normalized spacial score (nSPS) is 14.1. The van der Waals surface area contributed by atoms with Crippen molar-refractivity contribution in [1.82, 2.24) is 9.47 Å². The van der Waals surface area contributed by atoms with Gasteiger partial charge in [0.1, 0.15) is 17.9 Å². The highest BCUT2D eigenvalue weighted by atomic mass is 16.6. The zero-order valence-corrected chi connectivity index (χ0v) is 19.5. The summed E-state index contributed by atoms with van der Waals surface area (Å²) in [6.07, 6.45) is 3.41. The first kappa shape index (κ1) is 22.0. The number of hydrogen-bond donors (Lipinski definition) is 0. The third-order valence-corrected chi connectivity index (χ3v) is 6.37. The summed E-state index contributed by atoms with van der Waals surface area (Å²) >= 11 is 0. The molecule has 34 heavy (non-hydrogen) atoms. The van der Waals surface area contributed by atoms with Gasteiger partial charge in [0.05, 0.1) is 17.4 Å². The predicted molar refractivity (Wildman–Crippen MR) is 130 cm³/mol. The molecule has 0 aliphatic carbocycles. The Kier molecular flexibility index (Phi) is 5.71. The van der Waals surface area contributed by atoms with Crippen LogP contribution in [-0.4, -0.2) is 47.6 Å². The summed E-state index contributed by atoms with van der Waals surface area (Å²) < 4.78 is 18.8. The Morgan fingerprint density at radius 2 is 1.71 bits per heavy atom. The molecule has 3 heterocycles.